The molecule has 0 unspecified atom stereocenters. The molecule has 0 aliphatic rings. The molecule has 0 amide bonds. The van der Waals surface area contributed by atoms with E-state index in [2.05, 4.69) is 31.9 Å². The largest absolute Gasteiger partial charge is 0.353 e. The van der Waals surface area contributed by atoms with Gasteiger partial charge in [-0.25, -0.2) is 0 Å². The van der Waals surface area contributed by atoms with Crippen LogP contribution in [0, 0.1) is 12.3 Å². The maximum atomic E-state index is 5.36. The molecule has 0 bridgehead atoms. The van der Waals surface area contributed by atoms with Crippen LogP contribution >= 0.6 is 0 Å². The van der Waals surface area contributed by atoms with Crippen LogP contribution in [0.3, 0.4) is 0 Å². The fraction of sp³-hybridized carbons (Fsp3) is 0.333. The normalized spacial score (nSPS) is 11.3. The number of hydrogen-bond acceptors (Lipinski definition) is 5. The Morgan fingerprint density at radius 3 is 3.00 bits per heavy atom. The Bertz CT molecular complexity index is 521. The van der Waals surface area contributed by atoms with E-state index in [1.807, 2.05) is 13.8 Å². The van der Waals surface area contributed by atoms with Gasteiger partial charge in [0.15, 0.2) is 5.65 Å². The smallest absolute Gasteiger partial charge is 0.200 e. The molecule has 0 aliphatic carbocycles. The summed E-state index contributed by atoms with van der Waals surface area (Å²) in [7, 11) is 0. The van der Waals surface area contributed by atoms with E-state index in [9.17, 15) is 0 Å². The summed E-state index contributed by atoms with van der Waals surface area (Å²) in [5, 5.41) is 18.2. The molecule has 2 aromatic heterocycles. The Balaban J connectivity index is 2.33. The van der Waals surface area contributed by atoms with Crippen molar-refractivity contribution in [2.75, 3.05) is 5.32 Å². The van der Waals surface area contributed by atoms with Gasteiger partial charge in [0.2, 0.25) is 0 Å². The van der Waals surface area contributed by atoms with Crippen LogP contribution in [0.1, 0.15) is 13.8 Å². The predicted molar refractivity (Wildman–Crippen MR) is 55.1 cm³/mol. The van der Waals surface area contributed by atoms with Crippen LogP contribution < -0.4 is 5.32 Å². The fourth-order valence-electron chi connectivity index (χ4n) is 1.07. The highest BCUT2D eigenvalue weighted by atomic mass is 15.6. The number of terminal acetylenes is 1. The van der Waals surface area contributed by atoms with Gasteiger partial charge in [-0.05, 0) is 36.4 Å². The minimum Gasteiger partial charge on any atom is -0.353 e. The highest BCUT2D eigenvalue weighted by molar-refractivity contribution is 5.45. The van der Waals surface area contributed by atoms with Gasteiger partial charge in [-0.1, -0.05) is 5.92 Å². The molecule has 6 heteroatoms. The van der Waals surface area contributed by atoms with Crippen molar-refractivity contribution in [3.8, 4) is 12.3 Å². The number of nitrogens with zero attached hydrogens (tertiary/aromatic N) is 5. The van der Waals surface area contributed by atoms with E-state index in [-0.39, 0.29) is 0 Å². The van der Waals surface area contributed by atoms with Gasteiger partial charge in [-0.2, -0.15) is 0 Å². The minimum atomic E-state index is -0.450. The van der Waals surface area contributed by atoms with Crippen molar-refractivity contribution in [1.82, 2.24) is 25.3 Å². The number of rotatable bonds is 2. The Hall–Kier alpha value is -2.16. The lowest BCUT2D eigenvalue weighted by molar-refractivity contribution is 0.701. The van der Waals surface area contributed by atoms with E-state index in [1.54, 1.807) is 12.1 Å². The van der Waals surface area contributed by atoms with E-state index in [0.29, 0.717) is 11.5 Å². The van der Waals surface area contributed by atoms with Gasteiger partial charge in [-0.3, -0.25) is 0 Å². The molecule has 2 heterocycles. The molecule has 0 spiro atoms. The third-order valence-electron chi connectivity index (χ3n) is 1.87. The fourth-order valence-corrected chi connectivity index (χ4v) is 1.07. The first kappa shape index (κ1) is 9.40. The minimum absolute atomic E-state index is 0.450. The average Bonchev–Trinajstić information content (AvgIpc) is 2.64. The molecule has 6 nitrogen and oxygen atoms in total. The third kappa shape index (κ3) is 1.86. The number of nitrogens with one attached hydrogen (secondary N) is 1. The molecule has 0 aliphatic heterocycles. The molecule has 15 heavy (non-hydrogen) atoms. The SMILES string of the molecule is C#CC(C)(C)Nc1ccc2nnnn2n1. The lowest BCUT2D eigenvalue weighted by Crippen LogP contribution is -2.29. The first-order valence-electron chi connectivity index (χ1n) is 4.42. The molecule has 76 valence electrons. The zero-order valence-corrected chi connectivity index (χ0v) is 8.47. The first-order chi connectivity index (χ1) is 7.11. The van der Waals surface area contributed by atoms with Crippen molar-refractivity contribution in [2.45, 2.75) is 19.4 Å². The van der Waals surface area contributed by atoms with Crippen molar-refractivity contribution in [1.29, 1.82) is 0 Å². The van der Waals surface area contributed by atoms with Gasteiger partial charge < -0.3 is 5.32 Å². The highest BCUT2D eigenvalue weighted by Gasteiger charge is 2.14. The zero-order valence-electron chi connectivity index (χ0n) is 8.47. The van der Waals surface area contributed by atoms with Gasteiger partial charge in [0.1, 0.15) is 5.82 Å². The summed E-state index contributed by atoms with van der Waals surface area (Å²) in [6.07, 6.45) is 5.36. The molecule has 0 radical (unpaired) electrons. The van der Waals surface area contributed by atoms with Crippen LogP contribution in [0.2, 0.25) is 0 Å². The standard InChI is InChI=1S/C9H10N6/c1-4-9(2,3)10-7-5-6-8-11-13-14-15(8)12-7/h1,5-6H,2-3H3,(H,10,12). The molecular formula is C9H10N6. The molecule has 1 N–H and O–H groups in total. The Morgan fingerprint density at radius 2 is 2.27 bits per heavy atom. The van der Waals surface area contributed by atoms with E-state index < -0.39 is 5.54 Å². The second-order valence-corrected chi connectivity index (χ2v) is 3.64. The summed E-state index contributed by atoms with van der Waals surface area (Å²) >= 11 is 0. The molecular weight excluding hydrogens is 192 g/mol. The topological polar surface area (TPSA) is 68.0 Å². The van der Waals surface area contributed by atoms with Crippen molar-refractivity contribution in [3.05, 3.63) is 12.1 Å². The number of aromatic nitrogens is 5. The summed E-state index contributed by atoms with van der Waals surface area (Å²) in [5.74, 6) is 3.26. The predicted octanol–water partition coefficient (Wildman–Crippen LogP) is 0.343. The van der Waals surface area contributed by atoms with Crippen LogP contribution in [0.4, 0.5) is 5.82 Å². The molecule has 2 rings (SSSR count). The second-order valence-electron chi connectivity index (χ2n) is 3.64. The van der Waals surface area contributed by atoms with Gasteiger partial charge in [-0.15, -0.1) is 21.3 Å². The van der Waals surface area contributed by atoms with Crippen LogP contribution in [-0.4, -0.2) is 30.8 Å². The van der Waals surface area contributed by atoms with Gasteiger partial charge in [0.05, 0.1) is 5.54 Å². The first-order valence-corrected chi connectivity index (χ1v) is 4.42. The van der Waals surface area contributed by atoms with E-state index in [4.69, 9.17) is 6.42 Å². The summed E-state index contributed by atoms with van der Waals surface area (Å²) < 4.78 is 1.34. The third-order valence-corrected chi connectivity index (χ3v) is 1.87. The lowest BCUT2D eigenvalue weighted by atomic mass is 10.1. The second kappa shape index (κ2) is 3.20. The lowest BCUT2D eigenvalue weighted by Gasteiger charge is -2.19. The van der Waals surface area contributed by atoms with Crippen molar-refractivity contribution in [2.24, 2.45) is 0 Å². The van der Waals surface area contributed by atoms with E-state index >= 15 is 0 Å². The van der Waals surface area contributed by atoms with Crippen LogP contribution in [0.25, 0.3) is 5.65 Å². The Kier molecular flexibility index (Phi) is 2.01. The number of hydrogen-bond donors (Lipinski definition) is 1. The maximum Gasteiger partial charge on any atom is 0.200 e. The van der Waals surface area contributed by atoms with E-state index in [1.165, 1.54) is 4.63 Å². The van der Waals surface area contributed by atoms with Gasteiger partial charge in [0, 0.05) is 0 Å². The molecule has 0 saturated carbocycles. The zero-order chi connectivity index (χ0) is 10.9. The van der Waals surface area contributed by atoms with Crippen LogP contribution in [-0.2, 0) is 0 Å². The van der Waals surface area contributed by atoms with Crippen molar-refractivity contribution >= 4 is 11.5 Å². The summed E-state index contributed by atoms with van der Waals surface area (Å²) in [5.41, 5.74) is 0.147. The van der Waals surface area contributed by atoms with Crippen molar-refractivity contribution in [3.63, 3.8) is 0 Å². The van der Waals surface area contributed by atoms with Crippen LogP contribution in [0.5, 0.6) is 0 Å². The summed E-state index contributed by atoms with van der Waals surface area (Å²) in [4.78, 5) is 0. The Labute approximate surface area is 86.7 Å². The molecule has 0 aromatic carbocycles. The molecule has 2 aromatic rings. The number of fused-ring (bicyclic) bond motifs is 1. The van der Waals surface area contributed by atoms with E-state index in [0.717, 1.165) is 0 Å². The summed E-state index contributed by atoms with van der Waals surface area (Å²) in [6.45, 7) is 3.77. The quantitative estimate of drug-likeness (QED) is 0.711. The average molecular weight is 202 g/mol. The summed E-state index contributed by atoms with van der Waals surface area (Å²) in [6, 6.07) is 3.55. The van der Waals surface area contributed by atoms with Crippen molar-refractivity contribution < 1.29 is 0 Å². The monoisotopic (exact) mass is 202 g/mol. The number of tetrazole rings is 1. The maximum absolute atomic E-state index is 5.36. The highest BCUT2D eigenvalue weighted by Crippen LogP contribution is 2.11. The Morgan fingerprint density at radius 1 is 1.47 bits per heavy atom. The van der Waals surface area contributed by atoms with Gasteiger partial charge >= 0.3 is 0 Å². The molecule has 0 atom stereocenters. The van der Waals surface area contributed by atoms with Crippen LogP contribution in [0.15, 0.2) is 12.1 Å². The number of anilines is 1. The van der Waals surface area contributed by atoms with Gasteiger partial charge in [0.25, 0.3) is 0 Å². The molecule has 0 fully saturated rings. The molecule has 0 saturated heterocycles.